The maximum atomic E-state index is 11.9. The number of rotatable bonds is 6. The van der Waals surface area contributed by atoms with Gasteiger partial charge in [-0.15, -0.1) is 0 Å². The van der Waals surface area contributed by atoms with E-state index < -0.39 is 4.92 Å². The lowest BCUT2D eigenvalue weighted by molar-refractivity contribution is -0.384. The number of nitro benzene ring substituents is 1. The van der Waals surface area contributed by atoms with Gasteiger partial charge in [-0.1, -0.05) is 17.7 Å². The van der Waals surface area contributed by atoms with Crippen LogP contribution in [0.3, 0.4) is 0 Å². The zero-order valence-corrected chi connectivity index (χ0v) is 13.0. The molecule has 2 aromatic carbocycles. The Balaban J connectivity index is 1.81. The van der Waals surface area contributed by atoms with E-state index in [2.05, 4.69) is 5.32 Å². The Hall–Kier alpha value is -2.89. The van der Waals surface area contributed by atoms with E-state index in [-0.39, 0.29) is 11.6 Å². The fourth-order valence-electron chi connectivity index (χ4n) is 2.12. The largest absolute Gasteiger partial charge is 0.491 e. The molecule has 23 heavy (non-hydrogen) atoms. The highest BCUT2D eigenvalue weighted by molar-refractivity contribution is 5.94. The zero-order chi connectivity index (χ0) is 16.8. The minimum absolute atomic E-state index is 0.0419. The van der Waals surface area contributed by atoms with Crippen molar-refractivity contribution in [2.75, 3.05) is 13.2 Å². The molecule has 0 aliphatic carbocycles. The first kappa shape index (κ1) is 16.5. The number of benzene rings is 2. The quantitative estimate of drug-likeness (QED) is 0.505. The standard InChI is InChI=1S/C17H18N2O4/c1-12-3-8-16(13(2)11-12)23-10-9-18-17(20)14-4-6-15(7-5-14)19(21)22/h3-8,11H,9-10H2,1-2H3,(H,18,20). The number of hydrogen-bond acceptors (Lipinski definition) is 4. The van der Waals surface area contributed by atoms with Gasteiger partial charge in [0.25, 0.3) is 11.6 Å². The van der Waals surface area contributed by atoms with Crippen molar-refractivity contribution < 1.29 is 14.5 Å². The van der Waals surface area contributed by atoms with Gasteiger partial charge in [-0.25, -0.2) is 0 Å². The van der Waals surface area contributed by atoms with E-state index in [0.717, 1.165) is 11.3 Å². The number of amides is 1. The molecule has 1 N–H and O–H groups in total. The van der Waals surface area contributed by atoms with E-state index in [4.69, 9.17) is 4.74 Å². The maximum Gasteiger partial charge on any atom is 0.269 e. The predicted molar refractivity (Wildman–Crippen MR) is 86.8 cm³/mol. The van der Waals surface area contributed by atoms with Crippen LogP contribution in [-0.2, 0) is 0 Å². The van der Waals surface area contributed by atoms with Gasteiger partial charge < -0.3 is 10.1 Å². The van der Waals surface area contributed by atoms with Crippen LogP contribution in [0.1, 0.15) is 21.5 Å². The lowest BCUT2D eigenvalue weighted by Crippen LogP contribution is -2.28. The van der Waals surface area contributed by atoms with Gasteiger partial charge in [0.2, 0.25) is 0 Å². The van der Waals surface area contributed by atoms with Gasteiger partial charge in [-0.3, -0.25) is 14.9 Å². The first-order valence-electron chi connectivity index (χ1n) is 7.20. The summed E-state index contributed by atoms with van der Waals surface area (Å²) in [6, 6.07) is 11.4. The first-order valence-corrected chi connectivity index (χ1v) is 7.20. The minimum Gasteiger partial charge on any atom is -0.491 e. The number of hydrogen-bond donors (Lipinski definition) is 1. The molecule has 0 saturated heterocycles. The van der Waals surface area contributed by atoms with Crippen LogP contribution in [0.4, 0.5) is 5.69 Å². The third-order valence-corrected chi connectivity index (χ3v) is 3.32. The molecule has 0 spiro atoms. The molecule has 120 valence electrons. The summed E-state index contributed by atoms with van der Waals surface area (Å²) in [7, 11) is 0. The van der Waals surface area contributed by atoms with Gasteiger partial charge in [0, 0.05) is 17.7 Å². The van der Waals surface area contributed by atoms with E-state index in [1.807, 2.05) is 32.0 Å². The minimum atomic E-state index is -0.501. The molecule has 2 aromatic rings. The molecule has 0 aliphatic heterocycles. The molecule has 2 rings (SSSR count). The van der Waals surface area contributed by atoms with Gasteiger partial charge in [0.1, 0.15) is 12.4 Å². The Kier molecular flexibility index (Phi) is 5.30. The van der Waals surface area contributed by atoms with Gasteiger partial charge in [-0.05, 0) is 37.6 Å². The number of nitro groups is 1. The third-order valence-electron chi connectivity index (χ3n) is 3.32. The van der Waals surface area contributed by atoms with Gasteiger partial charge in [0.15, 0.2) is 0 Å². The molecule has 0 saturated carbocycles. The summed E-state index contributed by atoms with van der Waals surface area (Å²) >= 11 is 0. The van der Waals surface area contributed by atoms with Gasteiger partial charge >= 0.3 is 0 Å². The monoisotopic (exact) mass is 314 g/mol. The average Bonchev–Trinajstić information content (AvgIpc) is 2.53. The summed E-state index contributed by atoms with van der Waals surface area (Å²) in [5.74, 6) is 0.504. The van der Waals surface area contributed by atoms with E-state index >= 15 is 0 Å². The third kappa shape index (κ3) is 4.54. The Labute approximate surface area is 134 Å². The second-order valence-corrected chi connectivity index (χ2v) is 5.18. The van der Waals surface area contributed by atoms with Crippen molar-refractivity contribution in [2.24, 2.45) is 0 Å². The Bertz CT molecular complexity index is 711. The molecule has 6 heteroatoms. The Morgan fingerprint density at radius 1 is 1.17 bits per heavy atom. The molecule has 0 heterocycles. The van der Waals surface area contributed by atoms with Crippen LogP contribution in [0.2, 0.25) is 0 Å². The van der Waals surface area contributed by atoms with Crippen molar-refractivity contribution in [2.45, 2.75) is 13.8 Å². The number of non-ortho nitro benzene ring substituents is 1. The predicted octanol–water partition coefficient (Wildman–Crippen LogP) is 3.02. The molecule has 0 bridgehead atoms. The lowest BCUT2D eigenvalue weighted by Gasteiger charge is -2.10. The summed E-state index contributed by atoms with van der Waals surface area (Å²) in [6.07, 6.45) is 0. The number of ether oxygens (including phenoxy) is 1. The van der Waals surface area contributed by atoms with E-state index in [0.29, 0.717) is 18.7 Å². The number of nitrogens with zero attached hydrogens (tertiary/aromatic N) is 1. The number of carbonyl (C=O) groups is 1. The Morgan fingerprint density at radius 2 is 1.87 bits per heavy atom. The molecule has 1 amide bonds. The Morgan fingerprint density at radius 3 is 2.48 bits per heavy atom. The van der Waals surface area contributed by atoms with Crippen LogP contribution in [0.5, 0.6) is 5.75 Å². The summed E-state index contributed by atoms with van der Waals surface area (Å²) in [5.41, 5.74) is 2.55. The summed E-state index contributed by atoms with van der Waals surface area (Å²) in [6.45, 7) is 4.69. The van der Waals surface area contributed by atoms with Crippen LogP contribution in [0.25, 0.3) is 0 Å². The van der Waals surface area contributed by atoms with E-state index in [1.54, 1.807) is 0 Å². The molecular weight excluding hydrogens is 296 g/mol. The molecular formula is C17H18N2O4. The van der Waals surface area contributed by atoms with Crippen molar-refractivity contribution in [3.8, 4) is 5.75 Å². The molecule has 0 aromatic heterocycles. The first-order chi connectivity index (χ1) is 11.0. The highest BCUT2D eigenvalue weighted by Gasteiger charge is 2.09. The summed E-state index contributed by atoms with van der Waals surface area (Å²) in [5, 5.41) is 13.3. The van der Waals surface area contributed by atoms with E-state index in [1.165, 1.54) is 29.8 Å². The number of carbonyl (C=O) groups excluding carboxylic acids is 1. The van der Waals surface area contributed by atoms with Gasteiger partial charge in [-0.2, -0.15) is 0 Å². The molecule has 0 radical (unpaired) electrons. The average molecular weight is 314 g/mol. The van der Waals surface area contributed by atoms with Crippen molar-refractivity contribution in [3.63, 3.8) is 0 Å². The highest BCUT2D eigenvalue weighted by Crippen LogP contribution is 2.18. The van der Waals surface area contributed by atoms with Crippen LogP contribution in [0, 0.1) is 24.0 Å². The second kappa shape index (κ2) is 7.40. The second-order valence-electron chi connectivity index (χ2n) is 5.18. The summed E-state index contributed by atoms with van der Waals surface area (Å²) in [4.78, 5) is 22.0. The van der Waals surface area contributed by atoms with Crippen molar-refractivity contribution in [1.82, 2.24) is 5.32 Å². The summed E-state index contributed by atoms with van der Waals surface area (Å²) < 4.78 is 5.62. The lowest BCUT2D eigenvalue weighted by atomic mass is 10.1. The maximum absolute atomic E-state index is 11.9. The van der Waals surface area contributed by atoms with Gasteiger partial charge in [0.05, 0.1) is 11.5 Å². The van der Waals surface area contributed by atoms with Crippen molar-refractivity contribution in [1.29, 1.82) is 0 Å². The SMILES string of the molecule is Cc1ccc(OCCNC(=O)c2ccc([N+](=O)[O-])cc2)c(C)c1. The molecule has 0 atom stereocenters. The normalized spacial score (nSPS) is 10.2. The number of nitrogens with one attached hydrogen (secondary N) is 1. The van der Waals surface area contributed by atoms with Crippen LogP contribution in [-0.4, -0.2) is 24.0 Å². The molecule has 0 fully saturated rings. The van der Waals surface area contributed by atoms with Crippen LogP contribution in [0.15, 0.2) is 42.5 Å². The number of aryl methyl sites for hydroxylation is 2. The molecule has 0 unspecified atom stereocenters. The smallest absolute Gasteiger partial charge is 0.269 e. The van der Waals surface area contributed by atoms with Crippen molar-refractivity contribution >= 4 is 11.6 Å². The zero-order valence-electron chi connectivity index (χ0n) is 13.0. The van der Waals surface area contributed by atoms with Crippen molar-refractivity contribution in [3.05, 3.63) is 69.3 Å². The van der Waals surface area contributed by atoms with Crippen LogP contribution < -0.4 is 10.1 Å². The molecule has 0 aliphatic rings. The van der Waals surface area contributed by atoms with Crippen LogP contribution >= 0.6 is 0 Å². The molecule has 6 nitrogen and oxygen atoms in total. The fourth-order valence-corrected chi connectivity index (χ4v) is 2.12. The fraction of sp³-hybridized carbons (Fsp3) is 0.235. The highest BCUT2D eigenvalue weighted by atomic mass is 16.6. The van der Waals surface area contributed by atoms with E-state index in [9.17, 15) is 14.9 Å². The topological polar surface area (TPSA) is 81.5 Å².